The topological polar surface area (TPSA) is 36.1 Å². The van der Waals surface area contributed by atoms with E-state index in [0.717, 1.165) is 23.9 Å². The van der Waals surface area contributed by atoms with Crippen molar-refractivity contribution in [2.45, 2.75) is 6.42 Å². The number of nitrogens with zero attached hydrogens (tertiary/aromatic N) is 1. The maximum absolute atomic E-state index is 11.6. The molecule has 1 aliphatic rings. The summed E-state index contributed by atoms with van der Waals surface area (Å²) < 4.78 is 0. The fraction of sp³-hybridized carbons (Fsp3) is 0.444. The lowest BCUT2D eigenvalue weighted by molar-refractivity contribution is -0.129. The van der Waals surface area contributed by atoms with Gasteiger partial charge in [-0.25, -0.2) is 0 Å². The van der Waals surface area contributed by atoms with Gasteiger partial charge in [-0.05, 0) is 12.1 Å². The van der Waals surface area contributed by atoms with Crippen molar-refractivity contribution in [2.24, 2.45) is 0 Å². The van der Waals surface area contributed by atoms with Crippen molar-refractivity contribution in [1.82, 2.24) is 9.88 Å². The first-order valence-electron chi connectivity index (χ1n) is 4.34. The van der Waals surface area contributed by atoms with Gasteiger partial charge in [-0.2, -0.15) is 0 Å². The molecular weight excluding hydrogens is 184 g/mol. The number of hydrogen-bond donors (Lipinski definition) is 1. The second-order valence-corrected chi connectivity index (χ2v) is 4.14. The summed E-state index contributed by atoms with van der Waals surface area (Å²) in [6.07, 6.45) is 2.36. The molecule has 0 saturated carbocycles. The van der Waals surface area contributed by atoms with Gasteiger partial charge < -0.3 is 9.88 Å². The third-order valence-corrected chi connectivity index (χ3v) is 3.07. The third kappa shape index (κ3) is 2.06. The van der Waals surface area contributed by atoms with E-state index in [-0.39, 0.29) is 5.91 Å². The molecule has 1 aromatic heterocycles. The Bertz CT molecular complexity index is 278. The maximum Gasteiger partial charge on any atom is 0.229 e. The fourth-order valence-electron chi connectivity index (χ4n) is 1.36. The molecular formula is C9H12N2OS. The first kappa shape index (κ1) is 8.69. The number of aromatic nitrogens is 1. The van der Waals surface area contributed by atoms with Crippen molar-refractivity contribution in [1.29, 1.82) is 0 Å². The number of nitrogens with one attached hydrogen (secondary N) is 1. The highest BCUT2D eigenvalue weighted by molar-refractivity contribution is 7.99. The Morgan fingerprint density at radius 3 is 3.23 bits per heavy atom. The van der Waals surface area contributed by atoms with Gasteiger partial charge >= 0.3 is 0 Å². The van der Waals surface area contributed by atoms with Gasteiger partial charge in [-0.1, -0.05) is 0 Å². The predicted octanol–water partition coefficient (Wildman–Crippen LogP) is 1.09. The second kappa shape index (κ2) is 3.87. The Hall–Kier alpha value is -0.900. The number of hydrogen-bond acceptors (Lipinski definition) is 2. The largest absolute Gasteiger partial charge is 0.365 e. The molecule has 1 amide bonds. The van der Waals surface area contributed by atoms with Crippen LogP contribution in [0.15, 0.2) is 18.3 Å². The van der Waals surface area contributed by atoms with Crippen LogP contribution < -0.4 is 0 Å². The van der Waals surface area contributed by atoms with Gasteiger partial charge in [0.1, 0.15) is 0 Å². The van der Waals surface area contributed by atoms with Crippen LogP contribution >= 0.6 is 11.8 Å². The van der Waals surface area contributed by atoms with Crippen LogP contribution in [0, 0.1) is 0 Å². The Balaban J connectivity index is 1.91. The van der Waals surface area contributed by atoms with E-state index in [9.17, 15) is 4.79 Å². The monoisotopic (exact) mass is 196 g/mol. The van der Waals surface area contributed by atoms with Crippen LogP contribution in [0.1, 0.15) is 5.69 Å². The summed E-state index contributed by atoms with van der Waals surface area (Å²) >= 11 is 1.82. The first-order valence-corrected chi connectivity index (χ1v) is 5.49. The molecule has 0 unspecified atom stereocenters. The van der Waals surface area contributed by atoms with E-state index in [1.165, 1.54) is 0 Å². The molecule has 0 aliphatic carbocycles. The molecule has 0 spiro atoms. The van der Waals surface area contributed by atoms with Crippen LogP contribution in [-0.2, 0) is 11.2 Å². The summed E-state index contributed by atoms with van der Waals surface area (Å²) in [6.45, 7) is 0.907. The molecule has 1 aromatic rings. The van der Waals surface area contributed by atoms with E-state index in [4.69, 9.17) is 0 Å². The van der Waals surface area contributed by atoms with Crippen LogP contribution in [0.25, 0.3) is 0 Å². The van der Waals surface area contributed by atoms with E-state index in [1.54, 1.807) is 0 Å². The minimum atomic E-state index is 0.229. The molecule has 0 bridgehead atoms. The number of carbonyl (C=O) groups excluding carboxylic acids is 1. The molecule has 2 rings (SSSR count). The van der Waals surface area contributed by atoms with Crippen LogP contribution in [0.3, 0.4) is 0 Å². The predicted molar refractivity (Wildman–Crippen MR) is 53.5 cm³/mol. The van der Waals surface area contributed by atoms with E-state index in [2.05, 4.69) is 4.98 Å². The van der Waals surface area contributed by atoms with Crippen molar-refractivity contribution in [2.75, 3.05) is 18.2 Å². The normalized spacial score (nSPS) is 16.5. The molecule has 1 N–H and O–H groups in total. The molecule has 0 aromatic carbocycles. The molecule has 0 radical (unpaired) electrons. The third-order valence-electron chi connectivity index (χ3n) is 2.11. The SMILES string of the molecule is O=C(Cc1ccc[nH]1)N1CCSC1. The Morgan fingerprint density at radius 1 is 1.69 bits per heavy atom. The van der Waals surface area contributed by atoms with E-state index < -0.39 is 0 Å². The van der Waals surface area contributed by atoms with Gasteiger partial charge in [-0.3, -0.25) is 4.79 Å². The molecule has 0 atom stereocenters. The summed E-state index contributed by atoms with van der Waals surface area (Å²) in [5, 5.41) is 0. The van der Waals surface area contributed by atoms with Crippen molar-refractivity contribution in [3.05, 3.63) is 24.0 Å². The van der Waals surface area contributed by atoms with Crippen LogP contribution in [0.2, 0.25) is 0 Å². The van der Waals surface area contributed by atoms with E-state index >= 15 is 0 Å². The number of thioether (sulfide) groups is 1. The first-order chi connectivity index (χ1) is 6.36. The van der Waals surface area contributed by atoms with Gasteiger partial charge in [0.2, 0.25) is 5.91 Å². The minimum absolute atomic E-state index is 0.229. The Morgan fingerprint density at radius 2 is 2.62 bits per heavy atom. The molecule has 1 aliphatic heterocycles. The van der Waals surface area contributed by atoms with Crippen molar-refractivity contribution < 1.29 is 4.79 Å². The summed E-state index contributed by atoms with van der Waals surface area (Å²) in [7, 11) is 0. The smallest absolute Gasteiger partial charge is 0.229 e. The standard InChI is InChI=1S/C9H12N2OS/c12-9(11-4-5-13-7-11)6-8-2-1-3-10-8/h1-3,10H,4-7H2. The maximum atomic E-state index is 11.6. The van der Waals surface area contributed by atoms with E-state index in [1.807, 2.05) is 35.0 Å². The van der Waals surface area contributed by atoms with Gasteiger partial charge in [0.25, 0.3) is 0 Å². The molecule has 1 saturated heterocycles. The fourth-order valence-corrected chi connectivity index (χ4v) is 2.34. The summed E-state index contributed by atoms with van der Waals surface area (Å²) in [5.41, 5.74) is 1.00. The summed E-state index contributed by atoms with van der Waals surface area (Å²) in [6, 6.07) is 3.86. The van der Waals surface area contributed by atoms with Crippen molar-refractivity contribution in [3.8, 4) is 0 Å². The Labute approximate surface area is 81.5 Å². The summed E-state index contributed by atoms with van der Waals surface area (Å²) in [5.74, 6) is 2.17. The van der Waals surface area contributed by atoms with Gasteiger partial charge in [0.05, 0.1) is 12.3 Å². The van der Waals surface area contributed by atoms with Crippen LogP contribution in [-0.4, -0.2) is 34.0 Å². The van der Waals surface area contributed by atoms with Crippen molar-refractivity contribution in [3.63, 3.8) is 0 Å². The second-order valence-electron chi connectivity index (χ2n) is 3.07. The molecule has 3 nitrogen and oxygen atoms in total. The quantitative estimate of drug-likeness (QED) is 0.768. The van der Waals surface area contributed by atoms with Crippen molar-refractivity contribution >= 4 is 17.7 Å². The van der Waals surface area contributed by atoms with Gasteiger partial charge in [-0.15, -0.1) is 11.8 Å². The zero-order chi connectivity index (χ0) is 9.10. The van der Waals surface area contributed by atoms with Crippen LogP contribution in [0.5, 0.6) is 0 Å². The average molecular weight is 196 g/mol. The number of H-pyrrole nitrogens is 1. The summed E-state index contributed by atoms with van der Waals surface area (Å²) in [4.78, 5) is 16.6. The van der Waals surface area contributed by atoms with Gasteiger partial charge in [0.15, 0.2) is 0 Å². The highest BCUT2D eigenvalue weighted by Gasteiger charge is 2.18. The van der Waals surface area contributed by atoms with Gasteiger partial charge in [0, 0.05) is 24.2 Å². The minimum Gasteiger partial charge on any atom is -0.365 e. The molecule has 13 heavy (non-hydrogen) atoms. The average Bonchev–Trinajstić information content (AvgIpc) is 2.74. The number of rotatable bonds is 2. The molecule has 1 fully saturated rings. The Kier molecular flexibility index (Phi) is 2.59. The number of amides is 1. The molecule has 4 heteroatoms. The number of carbonyl (C=O) groups is 1. The van der Waals surface area contributed by atoms with Crippen LogP contribution in [0.4, 0.5) is 0 Å². The lowest BCUT2D eigenvalue weighted by Crippen LogP contribution is -2.29. The number of aromatic amines is 1. The lowest BCUT2D eigenvalue weighted by Gasteiger charge is -2.13. The highest BCUT2D eigenvalue weighted by Crippen LogP contribution is 2.14. The molecule has 2 heterocycles. The van der Waals surface area contributed by atoms with E-state index in [0.29, 0.717) is 6.42 Å². The zero-order valence-corrected chi connectivity index (χ0v) is 8.14. The lowest BCUT2D eigenvalue weighted by atomic mass is 10.3. The molecule has 70 valence electrons. The zero-order valence-electron chi connectivity index (χ0n) is 7.32. The highest BCUT2D eigenvalue weighted by atomic mass is 32.2.